The molecule has 154 valence electrons. The van der Waals surface area contributed by atoms with E-state index >= 15 is 0 Å². The Morgan fingerprint density at radius 1 is 1.17 bits per heavy atom. The molecule has 0 aliphatic carbocycles. The molecule has 0 saturated heterocycles. The van der Waals surface area contributed by atoms with Crippen LogP contribution in [-0.4, -0.2) is 50.0 Å². The Balaban J connectivity index is 1.71. The molecule has 3 aromatic rings. The van der Waals surface area contributed by atoms with Gasteiger partial charge in [0.05, 0.1) is 25.2 Å². The van der Waals surface area contributed by atoms with Crippen molar-refractivity contribution in [3.63, 3.8) is 0 Å². The monoisotopic (exact) mass is 417 g/mol. The number of rotatable bonds is 7. The second kappa shape index (κ2) is 8.43. The van der Waals surface area contributed by atoms with Gasteiger partial charge in [-0.05, 0) is 39.0 Å². The van der Waals surface area contributed by atoms with E-state index in [2.05, 4.69) is 20.6 Å². The average Bonchev–Trinajstić information content (AvgIpc) is 3.22. The fourth-order valence-corrected chi connectivity index (χ4v) is 3.46. The number of carbonyl (C=O) groups is 1. The summed E-state index contributed by atoms with van der Waals surface area (Å²) in [5.74, 6) is 7.42. The lowest BCUT2D eigenvalue weighted by Crippen LogP contribution is -2.24. The quantitative estimate of drug-likeness (QED) is 0.442. The van der Waals surface area contributed by atoms with Crippen LogP contribution in [0.1, 0.15) is 18.3 Å². The Morgan fingerprint density at radius 2 is 1.90 bits per heavy atom. The topological polar surface area (TPSA) is 122 Å². The van der Waals surface area contributed by atoms with Crippen LogP contribution in [0.15, 0.2) is 29.4 Å². The van der Waals surface area contributed by atoms with Gasteiger partial charge in [0.25, 0.3) is 5.95 Å². The fraction of sp³-hybridized carbons (Fsp3) is 0.333. The molecule has 3 N–H and O–H groups in total. The molecule has 1 unspecified atom stereocenters. The van der Waals surface area contributed by atoms with Gasteiger partial charge in [-0.25, -0.2) is 9.36 Å². The molecular weight excluding hydrogens is 394 g/mol. The smallest absolute Gasteiger partial charge is 0.271 e. The van der Waals surface area contributed by atoms with E-state index in [-0.39, 0.29) is 5.91 Å². The molecule has 0 radical (unpaired) electrons. The number of thioether (sulfide) groups is 1. The molecule has 1 amide bonds. The Kier molecular flexibility index (Phi) is 5.97. The first kappa shape index (κ1) is 20.5. The van der Waals surface area contributed by atoms with E-state index in [0.717, 1.165) is 11.4 Å². The predicted molar refractivity (Wildman–Crippen MR) is 110 cm³/mol. The van der Waals surface area contributed by atoms with Crippen LogP contribution >= 0.6 is 11.8 Å². The second-order valence-corrected chi connectivity index (χ2v) is 7.62. The zero-order valence-corrected chi connectivity index (χ0v) is 17.6. The molecule has 2 heterocycles. The van der Waals surface area contributed by atoms with E-state index in [1.165, 1.54) is 23.5 Å². The minimum atomic E-state index is -0.470. The average molecular weight is 417 g/mol. The van der Waals surface area contributed by atoms with Crippen LogP contribution in [0.5, 0.6) is 11.5 Å². The highest BCUT2D eigenvalue weighted by atomic mass is 32.2. The zero-order chi connectivity index (χ0) is 21.1. The molecule has 0 spiro atoms. The van der Waals surface area contributed by atoms with E-state index in [4.69, 9.17) is 15.3 Å². The van der Waals surface area contributed by atoms with Crippen molar-refractivity contribution < 1.29 is 14.3 Å². The molecule has 1 aromatic carbocycles. The van der Waals surface area contributed by atoms with Gasteiger partial charge in [0.1, 0.15) is 0 Å². The number of nitrogens with zero attached hydrogens (tertiary/aromatic N) is 5. The molecule has 10 nitrogen and oxygen atoms in total. The summed E-state index contributed by atoms with van der Waals surface area (Å²) < 4.78 is 13.4. The molecule has 0 saturated carbocycles. The minimum Gasteiger partial charge on any atom is -0.493 e. The molecule has 11 heteroatoms. The summed E-state index contributed by atoms with van der Waals surface area (Å²) in [5, 5.41) is 15.3. The summed E-state index contributed by atoms with van der Waals surface area (Å²) in [6.07, 6.45) is 0. The van der Waals surface area contributed by atoms with Gasteiger partial charge in [-0.15, -0.1) is 10.2 Å². The van der Waals surface area contributed by atoms with Gasteiger partial charge < -0.3 is 20.6 Å². The number of carbonyl (C=O) groups excluding carboxylic acids is 1. The van der Waals surface area contributed by atoms with Crippen LogP contribution in [0.3, 0.4) is 0 Å². The minimum absolute atomic E-state index is 0.210. The Labute approximate surface area is 172 Å². The number of ether oxygens (including phenoxy) is 2. The van der Waals surface area contributed by atoms with Gasteiger partial charge in [-0.1, -0.05) is 11.8 Å². The number of benzene rings is 1. The maximum atomic E-state index is 12.6. The maximum Gasteiger partial charge on any atom is 0.271 e. The van der Waals surface area contributed by atoms with E-state index in [9.17, 15) is 4.79 Å². The highest BCUT2D eigenvalue weighted by Gasteiger charge is 2.21. The van der Waals surface area contributed by atoms with Crippen molar-refractivity contribution in [1.29, 1.82) is 0 Å². The molecule has 0 aliphatic rings. The largest absolute Gasteiger partial charge is 0.493 e. The molecule has 0 bridgehead atoms. The van der Waals surface area contributed by atoms with Gasteiger partial charge in [0.15, 0.2) is 11.5 Å². The standard InChI is InChI=1S/C18H23N7O3S/c1-10-8-11(2)25(23-10)17-21-22-18(24(17)19)29-12(3)16(26)20-13-6-7-14(27-4)15(9-13)28-5/h6-9,12H,19H2,1-5H3,(H,20,26). The van der Waals surface area contributed by atoms with Crippen molar-refractivity contribution in [2.24, 2.45) is 0 Å². The first-order valence-electron chi connectivity index (χ1n) is 8.77. The van der Waals surface area contributed by atoms with Gasteiger partial charge in [0, 0.05) is 17.4 Å². The lowest BCUT2D eigenvalue weighted by molar-refractivity contribution is -0.115. The number of nitrogens with two attached hydrogens (primary N) is 1. The summed E-state index contributed by atoms with van der Waals surface area (Å²) in [5.41, 5.74) is 2.33. The van der Waals surface area contributed by atoms with Gasteiger partial charge in [0.2, 0.25) is 11.1 Å². The second-order valence-electron chi connectivity index (χ2n) is 6.31. The van der Waals surface area contributed by atoms with Gasteiger partial charge in [-0.3, -0.25) is 4.79 Å². The molecule has 29 heavy (non-hydrogen) atoms. The normalized spacial score (nSPS) is 11.9. The van der Waals surface area contributed by atoms with Crippen LogP contribution < -0.4 is 20.6 Å². The number of nitrogen functional groups attached to an aromatic ring is 1. The van der Waals surface area contributed by atoms with Crippen molar-refractivity contribution in [2.75, 3.05) is 25.4 Å². The summed E-state index contributed by atoms with van der Waals surface area (Å²) in [6.45, 7) is 5.55. The fourth-order valence-electron chi connectivity index (χ4n) is 2.70. The number of hydrogen-bond acceptors (Lipinski definition) is 8. The predicted octanol–water partition coefficient (Wildman–Crippen LogP) is 1.93. The van der Waals surface area contributed by atoms with E-state index in [1.807, 2.05) is 19.9 Å². The number of methoxy groups -OCH3 is 2. The maximum absolute atomic E-state index is 12.6. The molecule has 1 atom stereocenters. The van der Waals surface area contributed by atoms with Crippen molar-refractivity contribution in [3.05, 3.63) is 35.7 Å². The molecule has 0 fully saturated rings. The Morgan fingerprint density at radius 3 is 2.52 bits per heavy atom. The third-order valence-corrected chi connectivity index (χ3v) is 5.20. The van der Waals surface area contributed by atoms with Crippen LogP contribution in [0.2, 0.25) is 0 Å². The third kappa shape index (κ3) is 4.29. The van der Waals surface area contributed by atoms with Crippen molar-refractivity contribution >= 4 is 23.4 Å². The Hall–Kier alpha value is -3.21. The number of anilines is 1. The summed E-state index contributed by atoms with van der Waals surface area (Å²) >= 11 is 1.20. The number of amides is 1. The highest BCUT2D eigenvalue weighted by molar-refractivity contribution is 8.00. The summed E-state index contributed by atoms with van der Waals surface area (Å²) in [7, 11) is 3.09. The lowest BCUT2D eigenvalue weighted by atomic mass is 10.2. The number of aryl methyl sites for hydroxylation is 2. The van der Waals surface area contributed by atoms with Crippen molar-refractivity contribution in [2.45, 2.75) is 31.2 Å². The zero-order valence-electron chi connectivity index (χ0n) is 16.8. The third-order valence-electron chi connectivity index (χ3n) is 4.15. The van der Waals surface area contributed by atoms with Gasteiger partial charge in [-0.2, -0.15) is 5.10 Å². The van der Waals surface area contributed by atoms with Crippen LogP contribution in [0, 0.1) is 13.8 Å². The van der Waals surface area contributed by atoms with E-state index in [0.29, 0.717) is 28.3 Å². The molecule has 0 aliphatic heterocycles. The molecular formula is C18H23N7O3S. The van der Waals surface area contributed by atoms with Gasteiger partial charge >= 0.3 is 0 Å². The van der Waals surface area contributed by atoms with Crippen LogP contribution in [0.4, 0.5) is 5.69 Å². The number of nitrogens with one attached hydrogen (secondary N) is 1. The Bertz CT molecular complexity index is 1030. The molecule has 2 aromatic heterocycles. The number of hydrogen-bond donors (Lipinski definition) is 2. The number of aromatic nitrogens is 5. The lowest BCUT2D eigenvalue weighted by Gasteiger charge is -2.13. The van der Waals surface area contributed by atoms with Crippen LogP contribution in [-0.2, 0) is 4.79 Å². The first-order valence-corrected chi connectivity index (χ1v) is 9.65. The molecule has 3 rings (SSSR count). The van der Waals surface area contributed by atoms with Crippen LogP contribution in [0.25, 0.3) is 5.95 Å². The summed E-state index contributed by atoms with van der Waals surface area (Å²) in [6, 6.07) is 7.08. The first-order chi connectivity index (χ1) is 13.8. The van der Waals surface area contributed by atoms with Crippen molar-refractivity contribution in [1.82, 2.24) is 24.7 Å². The van der Waals surface area contributed by atoms with E-state index in [1.54, 1.807) is 36.9 Å². The highest BCUT2D eigenvalue weighted by Crippen LogP contribution is 2.30. The van der Waals surface area contributed by atoms with Crippen molar-refractivity contribution in [3.8, 4) is 17.4 Å². The summed E-state index contributed by atoms with van der Waals surface area (Å²) in [4.78, 5) is 12.6. The SMILES string of the molecule is COc1ccc(NC(=O)C(C)Sc2nnc(-n3nc(C)cc3C)n2N)cc1OC. The van der Waals surface area contributed by atoms with E-state index < -0.39 is 5.25 Å².